The maximum Gasteiger partial charge on any atom is 0.323 e. The van der Waals surface area contributed by atoms with Crippen LogP contribution in [-0.4, -0.2) is 64.0 Å². The Morgan fingerprint density at radius 2 is 1.68 bits per heavy atom. The fourth-order valence-corrected chi connectivity index (χ4v) is 3.89. The van der Waals surface area contributed by atoms with Gasteiger partial charge in [0.1, 0.15) is 12.3 Å². The van der Waals surface area contributed by atoms with Gasteiger partial charge in [0.2, 0.25) is 0 Å². The van der Waals surface area contributed by atoms with Gasteiger partial charge in [-0.15, -0.1) is 0 Å². The number of amides is 2. The zero-order valence-electron chi connectivity index (χ0n) is 16.5. The first-order valence-corrected chi connectivity index (χ1v) is 9.93. The average Bonchev–Trinajstić information content (AvgIpc) is 3.49. The molecule has 1 heterocycles. The molecule has 0 bridgehead atoms. The van der Waals surface area contributed by atoms with Crippen molar-refractivity contribution in [2.24, 2.45) is 0 Å². The van der Waals surface area contributed by atoms with E-state index in [9.17, 15) is 14.4 Å². The normalized spacial score (nSPS) is 21.9. The molecule has 1 saturated carbocycles. The van der Waals surface area contributed by atoms with Crippen LogP contribution < -0.4 is 4.74 Å². The maximum atomic E-state index is 12.6. The molecule has 1 aliphatic carbocycles. The topological polar surface area (TPSA) is 87.2 Å². The fourth-order valence-electron chi connectivity index (χ4n) is 3.89. The summed E-state index contributed by atoms with van der Waals surface area (Å²) in [5.41, 5.74) is 0.421. The number of carboxylic acids is 1. The van der Waals surface area contributed by atoms with Gasteiger partial charge in [0.05, 0.1) is 0 Å². The van der Waals surface area contributed by atoms with Crippen molar-refractivity contribution in [1.82, 2.24) is 9.80 Å². The zero-order chi connectivity index (χ0) is 20.3. The van der Waals surface area contributed by atoms with Crippen LogP contribution >= 0.6 is 0 Å². The van der Waals surface area contributed by atoms with Crippen molar-refractivity contribution in [2.75, 3.05) is 13.2 Å². The predicted molar refractivity (Wildman–Crippen MR) is 103 cm³/mol. The molecule has 2 amide bonds. The fraction of sp³-hybridized carbons (Fsp3) is 0.571. The lowest BCUT2D eigenvalue weighted by Gasteiger charge is -2.38. The quantitative estimate of drug-likeness (QED) is 0.776. The van der Waals surface area contributed by atoms with Gasteiger partial charge < -0.3 is 19.6 Å². The summed E-state index contributed by atoms with van der Waals surface area (Å²) in [6, 6.07) is 7.00. The molecule has 1 N–H and O–H groups in total. The lowest BCUT2D eigenvalue weighted by atomic mass is 9.97. The van der Waals surface area contributed by atoms with E-state index in [1.807, 2.05) is 4.90 Å². The first-order chi connectivity index (χ1) is 13.4. The Labute approximate surface area is 165 Å². The third-order valence-corrected chi connectivity index (χ3v) is 5.50. The van der Waals surface area contributed by atoms with E-state index in [1.165, 1.54) is 4.90 Å². The molecule has 2 aliphatic rings. The van der Waals surface area contributed by atoms with Gasteiger partial charge in [-0.3, -0.25) is 14.4 Å². The number of carbonyl (C=O) groups is 3. The van der Waals surface area contributed by atoms with Crippen LogP contribution in [0.2, 0.25) is 0 Å². The molecule has 1 aliphatic heterocycles. The Hall–Kier alpha value is -2.57. The SMILES string of the molecule is CC1CCCC(C)N1C(=O)COc1ccc(C(=O)N(CC(=O)O)C2CC2)cc1. The van der Waals surface area contributed by atoms with Crippen LogP contribution in [0, 0.1) is 0 Å². The van der Waals surface area contributed by atoms with Gasteiger partial charge in [0.15, 0.2) is 6.61 Å². The average molecular weight is 388 g/mol. The number of hydrogen-bond donors (Lipinski definition) is 1. The highest BCUT2D eigenvalue weighted by atomic mass is 16.5. The van der Waals surface area contributed by atoms with Crippen molar-refractivity contribution in [1.29, 1.82) is 0 Å². The van der Waals surface area contributed by atoms with Crippen molar-refractivity contribution in [3.05, 3.63) is 29.8 Å². The van der Waals surface area contributed by atoms with Crippen molar-refractivity contribution in [2.45, 2.75) is 64.1 Å². The standard InChI is InChI=1S/C21H28N2O5/c1-14-4-3-5-15(2)23(14)19(24)13-28-18-10-6-16(7-11-18)21(27)22(12-20(25)26)17-8-9-17/h6-7,10-11,14-15,17H,3-5,8-9,12-13H2,1-2H3,(H,25,26). The van der Waals surface area contributed by atoms with Gasteiger partial charge in [-0.25, -0.2) is 0 Å². The highest BCUT2D eigenvalue weighted by Gasteiger charge is 2.34. The Balaban J connectivity index is 1.57. The van der Waals surface area contributed by atoms with Crippen molar-refractivity contribution >= 4 is 17.8 Å². The van der Waals surface area contributed by atoms with Crippen molar-refractivity contribution < 1.29 is 24.2 Å². The molecule has 28 heavy (non-hydrogen) atoms. The monoisotopic (exact) mass is 388 g/mol. The molecule has 152 valence electrons. The molecule has 2 unspecified atom stereocenters. The van der Waals surface area contributed by atoms with Crippen LogP contribution in [-0.2, 0) is 9.59 Å². The minimum absolute atomic E-state index is 0.0191. The third kappa shape index (κ3) is 4.82. The van der Waals surface area contributed by atoms with Crippen molar-refractivity contribution in [3.63, 3.8) is 0 Å². The summed E-state index contributed by atoms with van der Waals surface area (Å²) in [5, 5.41) is 9.02. The Morgan fingerprint density at radius 1 is 1.07 bits per heavy atom. The lowest BCUT2D eigenvalue weighted by Crippen LogP contribution is -2.49. The number of carboxylic acid groups (broad SMARTS) is 1. The van der Waals surface area contributed by atoms with Crippen LogP contribution in [0.3, 0.4) is 0 Å². The number of piperidine rings is 1. The first-order valence-electron chi connectivity index (χ1n) is 9.93. The van der Waals surface area contributed by atoms with Crippen LogP contribution in [0.25, 0.3) is 0 Å². The van der Waals surface area contributed by atoms with Gasteiger partial charge in [-0.2, -0.15) is 0 Å². The number of aliphatic carboxylic acids is 1. The molecule has 2 fully saturated rings. The minimum atomic E-state index is -1.01. The lowest BCUT2D eigenvalue weighted by molar-refractivity contribution is -0.139. The number of carbonyl (C=O) groups excluding carboxylic acids is 2. The number of nitrogens with zero attached hydrogens (tertiary/aromatic N) is 2. The Bertz CT molecular complexity index is 719. The molecule has 0 radical (unpaired) electrons. The summed E-state index contributed by atoms with van der Waals surface area (Å²) in [5.74, 6) is -0.817. The molecule has 3 rings (SSSR count). The van der Waals surface area contributed by atoms with E-state index >= 15 is 0 Å². The number of ether oxygens (including phenoxy) is 1. The number of likely N-dealkylation sites (tertiary alicyclic amines) is 1. The second kappa shape index (κ2) is 8.63. The van der Waals surface area contributed by atoms with E-state index in [-0.39, 0.29) is 43.1 Å². The molecule has 1 aromatic carbocycles. The zero-order valence-corrected chi connectivity index (χ0v) is 16.5. The van der Waals surface area contributed by atoms with E-state index in [4.69, 9.17) is 9.84 Å². The summed E-state index contributed by atoms with van der Waals surface area (Å²) in [6.07, 6.45) is 4.86. The number of rotatable bonds is 7. The molecule has 0 aromatic heterocycles. The smallest absolute Gasteiger partial charge is 0.323 e. The van der Waals surface area contributed by atoms with E-state index in [1.54, 1.807) is 24.3 Å². The number of benzene rings is 1. The van der Waals surface area contributed by atoms with E-state index in [0.29, 0.717) is 11.3 Å². The van der Waals surface area contributed by atoms with Crippen LogP contribution in [0.5, 0.6) is 5.75 Å². The number of hydrogen-bond acceptors (Lipinski definition) is 4. The highest BCUT2D eigenvalue weighted by molar-refractivity contribution is 5.96. The largest absolute Gasteiger partial charge is 0.484 e. The molecule has 1 saturated heterocycles. The van der Waals surface area contributed by atoms with Crippen LogP contribution in [0.4, 0.5) is 0 Å². The van der Waals surface area contributed by atoms with Crippen LogP contribution in [0.1, 0.15) is 56.3 Å². The molecule has 0 spiro atoms. The molecular weight excluding hydrogens is 360 g/mol. The summed E-state index contributed by atoms with van der Waals surface area (Å²) in [7, 11) is 0. The second-order valence-corrected chi connectivity index (χ2v) is 7.80. The molecule has 2 atom stereocenters. The van der Waals surface area contributed by atoms with Crippen LogP contribution in [0.15, 0.2) is 24.3 Å². The van der Waals surface area contributed by atoms with Gasteiger partial charge in [0, 0.05) is 23.7 Å². The van der Waals surface area contributed by atoms with E-state index in [0.717, 1.165) is 32.1 Å². The maximum absolute atomic E-state index is 12.6. The van der Waals surface area contributed by atoms with Gasteiger partial charge >= 0.3 is 5.97 Å². The predicted octanol–water partition coefficient (Wildman–Crippen LogP) is 2.54. The first kappa shape index (κ1) is 20.2. The van der Waals surface area contributed by atoms with Gasteiger partial charge in [0.25, 0.3) is 11.8 Å². The highest BCUT2D eigenvalue weighted by Crippen LogP contribution is 2.28. The van der Waals surface area contributed by atoms with E-state index in [2.05, 4.69) is 13.8 Å². The molecular formula is C21H28N2O5. The Morgan fingerprint density at radius 3 is 2.21 bits per heavy atom. The summed E-state index contributed by atoms with van der Waals surface area (Å²) in [4.78, 5) is 39.4. The van der Waals surface area contributed by atoms with Gasteiger partial charge in [-0.05, 0) is 70.2 Å². The summed E-state index contributed by atoms with van der Waals surface area (Å²) < 4.78 is 5.63. The van der Waals surface area contributed by atoms with E-state index < -0.39 is 5.97 Å². The van der Waals surface area contributed by atoms with Crippen molar-refractivity contribution in [3.8, 4) is 5.75 Å². The summed E-state index contributed by atoms with van der Waals surface area (Å²) >= 11 is 0. The second-order valence-electron chi connectivity index (χ2n) is 7.80. The summed E-state index contributed by atoms with van der Waals surface area (Å²) in [6.45, 7) is 3.81. The molecule has 7 heteroatoms. The molecule has 1 aromatic rings. The minimum Gasteiger partial charge on any atom is -0.484 e. The Kier molecular flexibility index (Phi) is 6.21. The third-order valence-electron chi connectivity index (χ3n) is 5.50. The van der Waals surface area contributed by atoms with Gasteiger partial charge in [-0.1, -0.05) is 0 Å². The molecule has 7 nitrogen and oxygen atoms in total.